The zero-order valence-corrected chi connectivity index (χ0v) is 45.8. The van der Waals surface area contributed by atoms with Crippen LogP contribution in [0.4, 0.5) is 26.3 Å². The molecule has 2 aliphatic rings. The van der Waals surface area contributed by atoms with Crippen LogP contribution in [-0.4, -0.2) is 97.5 Å². The van der Waals surface area contributed by atoms with Crippen molar-refractivity contribution in [2.24, 2.45) is 0 Å². The Morgan fingerprint density at radius 1 is 0.701 bits per heavy atom. The molecule has 2 aromatic rings. The molecule has 4 atom stereocenters. The van der Waals surface area contributed by atoms with Crippen molar-refractivity contribution >= 4 is 56.7 Å². The van der Waals surface area contributed by atoms with Gasteiger partial charge in [0.05, 0.1) is 44.0 Å². The molecule has 2 aromatic carbocycles. The summed E-state index contributed by atoms with van der Waals surface area (Å²) in [7, 11) is -9.69. The van der Waals surface area contributed by atoms with E-state index in [9.17, 15) is 19.2 Å². The van der Waals surface area contributed by atoms with Crippen LogP contribution in [0.5, 0.6) is 0 Å². The van der Waals surface area contributed by atoms with Gasteiger partial charge in [-0.05, 0) is 107 Å². The Bertz CT molecular complexity index is 2200. The maximum Gasteiger partial charge on any atom is 0.411 e. The van der Waals surface area contributed by atoms with Crippen LogP contribution < -0.4 is 5.32 Å². The number of hydrogen-bond acceptors (Lipinski definition) is 7. The summed E-state index contributed by atoms with van der Waals surface area (Å²) < 4.78 is 113. The van der Waals surface area contributed by atoms with E-state index in [-0.39, 0.29) is 34.2 Å². The van der Waals surface area contributed by atoms with Crippen LogP contribution in [-0.2, 0) is 18.7 Å². The molecule has 0 aromatic heterocycles. The second kappa shape index (κ2) is 19.9. The number of nitrogens with zero attached hydrogens (tertiary/aromatic N) is 1. The van der Waals surface area contributed by atoms with Gasteiger partial charge in [-0.15, -0.1) is 6.58 Å². The molecule has 0 spiro atoms. The van der Waals surface area contributed by atoms with Gasteiger partial charge in [-0.1, -0.05) is 91.4 Å². The molecule has 4 unspecified atom stereocenters. The Balaban J connectivity index is 1.58. The molecule has 0 saturated carbocycles. The lowest BCUT2D eigenvalue weighted by Gasteiger charge is -2.58. The first-order valence-electron chi connectivity index (χ1n) is 23.5. The lowest BCUT2D eigenvalue weighted by molar-refractivity contribution is -0.288. The molecule has 4 rings (SSSR count). The molecular formula is C48H72F6N2O7Si4. The van der Waals surface area contributed by atoms with Crippen LogP contribution >= 0.6 is 0 Å². The van der Waals surface area contributed by atoms with E-state index in [1.165, 1.54) is 0 Å². The van der Waals surface area contributed by atoms with Crippen LogP contribution in [0.15, 0.2) is 48.7 Å². The Hall–Kier alpha value is -3.21. The standard InChI is InChI=1S/C48H72F6N2O7Si4/c1-16-28-65(11,12)39(17-2)62-67(15,21-6)63-44(8,18-3)45(19-4,20-5)66(13,14)61-32(7)64(9,10)29-22-27-56-42(59)36-26-24-34(31-38(36)43(56)60)46(47(49,50)51,48(52,53)54)33-23-25-35-37(30-33)41(58)55-40(35)57/h21,23-26,30-32,39H,6,16-20,22,27-29H2,1-5,7-15H3,(H,55,57,58). The Morgan fingerprint density at radius 2 is 1.21 bits per heavy atom. The number of imide groups is 2. The summed E-state index contributed by atoms with van der Waals surface area (Å²) in [5, 5.41) is 1.52. The largest absolute Gasteiger partial charge is 0.417 e. The van der Waals surface area contributed by atoms with Crippen LogP contribution in [0.3, 0.4) is 0 Å². The van der Waals surface area contributed by atoms with E-state index in [4.69, 9.17) is 13.3 Å². The van der Waals surface area contributed by atoms with Gasteiger partial charge >= 0.3 is 20.9 Å². The summed E-state index contributed by atoms with van der Waals surface area (Å²) in [5.74, 6) is -3.93. The predicted octanol–water partition coefficient (Wildman–Crippen LogP) is 12.8. The number of amides is 4. The third kappa shape index (κ3) is 10.1. The molecule has 2 aliphatic heterocycles. The number of carbonyl (C=O) groups is 4. The number of hydrogen-bond donors (Lipinski definition) is 1. The van der Waals surface area contributed by atoms with Gasteiger partial charge in [-0.2, -0.15) is 26.3 Å². The summed E-state index contributed by atoms with van der Waals surface area (Å²) in [6.45, 7) is 35.0. The minimum atomic E-state index is -6.05. The van der Waals surface area contributed by atoms with Gasteiger partial charge in [0.15, 0.2) is 8.32 Å². The van der Waals surface area contributed by atoms with Crippen LogP contribution in [0.25, 0.3) is 0 Å². The van der Waals surface area contributed by atoms with Gasteiger partial charge < -0.3 is 13.3 Å². The smallest absolute Gasteiger partial charge is 0.411 e. The molecule has 0 radical (unpaired) electrons. The molecule has 374 valence electrons. The second-order valence-electron chi connectivity index (χ2n) is 20.6. The van der Waals surface area contributed by atoms with Crippen LogP contribution in [0.2, 0.25) is 63.0 Å². The van der Waals surface area contributed by atoms with Gasteiger partial charge in [0, 0.05) is 23.0 Å². The number of benzene rings is 2. The van der Waals surface area contributed by atoms with Crippen molar-refractivity contribution < 1.29 is 58.8 Å². The second-order valence-corrected chi connectivity index (χ2v) is 38.1. The van der Waals surface area contributed by atoms with Crippen molar-refractivity contribution in [3.8, 4) is 0 Å². The molecule has 19 heteroatoms. The summed E-state index contributed by atoms with van der Waals surface area (Å²) >= 11 is 0. The number of fused-ring (bicyclic) bond motifs is 2. The van der Waals surface area contributed by atoms with E-state index < -0.39 is 102 Å². The van der Waals surface area contributed by atoms with Crippen LogP contribution in [0.1, 0.15) is 140 Å². The highest BCUT2D eigenvalue weighted by molar-refractivity contribution is 6.82. The zero-order valence-electron chi connectivity index (χ0n) is 41.8. The topological polar surface area (TPSA) is 111 Å². The third-order valence-corrected chi connectivity index (χ3v) is 30.9. The quantitative estimate of drug-likeness (QED) is 0.0670. The highest BCUT2D eigenvalue weighted by Crippen LogP contribution is 2.59. The first-order chi connectivity index (χ1) is 30.7. The normalized spacial score (nSPS) is 18.1. The fraction of sp³-hybridized carbons (Fsp3) is 0.625. The molecule has 0 saturated heterocycles. The van der Waals surface area contributed by atoms with Gasteiger partial charge in [0.1, 0.15) is 0 Å². The third-order valence-electron chi connectivity index (χ3n) is 15.6. The van der Waals surface area contributed by atoms with Crippen LogP contribution in [0, 0.1) is 0 Å². The number of halogens is 6. The Kier molecular flexibility index (Phi) is 16.7. The van der Waals surface area contributed by atoms with Crippen molar-refractivity contribution in [1.29, 1.82) is 0 Å². The number of carbonyl (C=O) groups excluding carboxylic acids is 4. The zero-order chi connectivity index (χ0) is 51.1. The number of nitrogens with one attached hydrogen (secondary N) is 1. The molecular weight excluding hydrogens is 943 g/mol. The molecule has 9 nitrogen and oxygen atoms in total. The number of rotatable bonds is 23. The minimum Gasteiger partial charge on any atom is -0.417 e. The summed E-state index contributed by atoms with van der Waals surface area (Å²) in [4.78, 5) is 52.8. The van der Waals surface area contributed by atoms with E-state index in [1.807, 2.05) is 11.0 Å². The fourth-order valence-electron chi connectivity index (χ4n) is 11.2. The highest BCUT2D eigenvalue weighted by Gasteiger charge is 2.73. The number of alkyl halides is 6. The summed E-state index contributed by atoms with van der Waals surface area (Å²) in [5.41, 5.74) is -8.16. The van der Waals surface area contributed by atoms with Crippen molar-refractivity contribution in [3.05, 3.63) is 82.1 Å². The van der Waals surface area contributed by atoms with E-state index in [2.05, 4.69) is 101 Å². The average Bonchev–Trinajstić information content (AvgIpc) is 3.64. The highest BCUT2D eigenvalue weighted by atomic mass is 28.4. The lowest BCUT2D eigenvalue weighted by Crippen LogP contribution is -2.64. The fourth-order valence-corrected chi connectivity index (χ4v) is 26.1. The van der Waals surface area contributed by atoms with E-state index >= 15 is 26.3 Å². The first-order valence-corrected chi connectivity index (χ1v) is 35.4. The van der Waals surface area contributed by atoms with Crippen molar-refractivity contribution in [3.63, 3.8) is 0 Å². The molecule has 0 aliphatic carbocycles. The predicted molar refractivity (Wildman–Crippen MR) is 260 cm³/mol. The molecule has 2 heterocycles. The summed E-state index contributed by atoms with van der Waals surface area (Å²) in [6.07, 6.45) is -7.44. The van der Waals surface area contributed by atoms with Gasteiger partial charge in [-0.3, -0.25) is 29.4 Å². The molecule has 0 bridgehead atoms. The Labute approximate surface area is 397 Å². The van der Waals surface area contributed by atoms with E-state index in [0.29, 0.717) is 36.7 Å². The van der Waals surface area contributed by atoms with E-state index in [1.54, 1.807) is 0 Å². The monoisotopic (exact) mass is 1010 g/mol. The maximum atomic E-state index is 15.1. The first kappa shape index (κ1) is 56.4. The Morgan fingerprint density at radius 3 is 1.69 bits per heavy atom. The lowest BCUT2D eigenvalue weighted by atomic mass is 9.71. The van der Waals surface area contributed by atoms with Crippen molar-refractivity contribution in [2.75, 3.05) is 6.54 Å². The SMILES string of the molecule is C=C[Si](C)(OC(CC)[Si](C)(C)CCC)OC(C)(CC)C(CC)(CC)[Si](C)(C)OC(C)[Si](C)(C)CCCN1C(=O)c2ccc(C(c3ccc4c(c3)C(=O)NC4=O)(C(F)(F)F)C(F)(F)F)cc2C1=O. The van der Waals surface area contributed by atoms with Gasteiger partial charge in [0.2, 0.25) is 5.41 Å². The summed E-state index contributed by atoms with van der Waals surface area (Å²) in [6, 6.07) is 5.21. The molecule has 67 heavy (non-hydrogen) atoms. The van der Waals surface area contributed by atoms with Gasteiger partial charge in [-0.25, -0.2) is 0 Å². The molecule has 4 amide bonds. The van der Waals surface area contributed by atoms with E-state index in [0.717, 1.165) is 55.2 Å². The van der Waals surface area contributed by atoms with Crippen molar-refractivity contribution in [1.82, 2.24) is 10.2 Å². The molecule has 0 fully saturated rings. The van der Waals surface area contributed by atoms with Crippen molar-refractivity contribution in [2.45, 2.75) is 185 Å². The van der Waals surface area contributed by atoms with Gasteiger partial charge in [0.25, 0.3) is 23.6 Å². The molecule has 1 N–H and O–H groups in total. The minimum absolute atomic E-state index is 0.111. The average molecular weight is 1020 g/mol. The maximum absolute atomic E-state index is 15.1.